The number of fused-ring (bicyclic) bond motifs is 1. The lowest BCUT2D eigenvalue weighted by Gasteiger charge is -2.34. The van der Waals surface area contributed by atoms with Gasteiger partial charge in [-0.15, -0.1) is 0 Å². The Hall–Kier alpha value is -2.86. The van der Waals surface area contributed by atoms with Gasteiger partial charge in [0.15, 0.2) is 6.10 Å². The molecule has 0 aromatic heterocycles. The molecule has 0 saturated heterocycles. The van der Waals surface area contributed by atoms with Gasteiger partial charge in [-0.25, -0.2) is 0 Å². The molecule has 1 N–H and O–H groups in total. The number of anilines is 1. The van der Waals surface area contributed by atoms with E-state index >= 15 is 0 Å². The van der Waals surface area contributed by atoms with Gasteiger partial charge in [0, 0.05) is 13.6 Å². The van der Waals surface area contributed by atoms with E-state index in [9.17, 15) is 9.59 Å². The van der Waals surface area contributed by atoms with Gasteiger partial charge in [0.25, 0.3) is 5.91 Å². The summed E-state index contributed by atoms with van der Waals surface area (Å²) in [6, 6.07) is 15.8. The van der Waals surface area contributed by atoms with Crippen molar-refractivity contribution in [3.8, 4) is 5.75 Å². The quantitative estimate of drug-likeness (QED) is 0.817. The molecule has 0 saturated carbocycles. The summed E-state index contributed by atoms with van der Waals surface area (Å²) >= 11 is 0. The van der Waals surface area contributed by atoms with E-state index in [1.165, 1.54) is 5.56 Å². The fraction of sp³-hybridized carbons (Fsp3) is 0.391. The molecule has 0 radical (unpaired) electrons. The summed E-state index contributed by atoms with van der Waals surface area (Å²) in [4.78, 5) is 28.8. The van der Waals surface area contributed by atoms with Crippen molar-refractivity contribution in [2.24, 2.45) is 0 Å². The first-order valence-corrected chi connectivity index (χ1v) is 9.94. The number of hydrogen-bond acceptors (Lipinski definition) is 4. The van der Waals surface area contributed by atoms with Gasteiger partial charge < -0.3 is 15.0 Å². The molecule has 0 spiro atoms. The third-order valence-electron chi connectivity index (χ3n) is 5.12. The van der Waals surface area contributed by atoms with Crippen molar-refractivity contribution in [3.63, 3.8) is 0 Å². The summed E-state index contributed by atoms with van der Waals surface area (Å²) in [6.07, 6.45) is -0.715. The normalized spacial score (nSPS) is 15.8. The fourth-order valence-corrected chi connectivity index (χ4v) is 3.46. The summed E-state index contributed by atoms with van der Waals surface area (Å²) in [5.41, 5.74) is 3.17. The van der Waals surface area contributed by atoms with Gasteiger partial charge in [0.2, 0.25) is 5.91 Å². The average Bonchev–Trinajstić information content (AvgIpc) is 2.72. The molecule has 6 heteroatoms. The average molecular weight is 396 g/mol. The maximum Gasteiger partial charge on any atom is 0.262 e. The Kier molecular flexibility index (Phi) is 6.54. The molecular formula is C23H29N3O3. The summed E-state index contributed by atoms with van der Waals surface area (Å²) in [5, 5.41) is 2.60. The van der Waals surface area contributed by atoms with Gasteiger partial charge >= 0.3 is 0 Å². The number of benzene rings is 2. The van der Waals surface area contributed by atoms with E-state index in [1.807, 2.05) is 30.1 Å². The molecule has 1 atom stereocenters. The molecule has 2 aromatic rings. The molecule has 2 amide bonds. The van der Waals surface area contributed by atoms with E-state index in [4.69, 9.17) is 4.74 Å². The Morgan fingerprint density at radius 1 is 1.17 bits per heavy atom. The number of ether oxygens (including phenoxy) is 1. The van der Waals surface area contributed by atoms with E-state index in [0.717, 1.165) is 5.56 Å². The summed E-state index contributed by atoms with van der Waals surface area (Å²) < 4.78 is 5.78. The first-order valence-electron chi connectivity index (χ1n) is 9.94. The predicted molar refractivity (Wildman–Crippen MR) is 114 cm³/mol. The van der Waals surface area contributed by atoms with Gasteiger partial charge in [0.05, 0.1) is 18.8 Å². The molecule has 0 unspecified atom stereocenters. The van der Waals surface area contributed by atoms with Crippen LogP contribution >= 0.6 is 0 Å². The molecule has 0 aliphatic carbocycles. The van der Waals surface area contributed by atoms with Gasteiger partial charge in [0.1, 0.15) is 5.75 Å². The van der Waals surface area contributed by atoms with Crippen LogP contribution in [0.15, 0.2) is 48.5 Å². The monoisotopic (exact) mass is 395 g/mol. The van der Waals surface area contributed by atoms with Crippen LogP contribution in [0.4, 0.5) is 5.69 Å². The van der Waals surface area contributed by atoms with E-state index in [2.05, 4.69) is 43.4 Å². The topological polar surface area (TPSA) is 61.9 Å². The molecule has 6 nitrogen and oxygen atoms in total. The zero-order valence-corrected chi connectivity index (χ0v) is 17.5. The lowest BCUT2D eigenvalue weighted by atomic mass is 10.0. The van der Waals surface area contributed by atoms with Gasteiger partial charge in [-0.2, -0.15) is 0 Å². The van der Waals surface area contributed by atoms with Crippen molar-refractivity contribution in [2.75, 3.05) is 32.1 Å². The van der Waals surface area contributed by atoms with Crippen molar-refractivity contribution in [1.82, 2.24) is 10.2 Å². The number of hydrogen-bond donors (Lipinski definition) is 1. The van der Waals surface area contributed by atoms with E-state index in [-0.39, 0.29) is 24.9 Å². The Bertz CT molecular complexity index is 864. The third-order valence-corrected chi connectivity index (χ3v) is 5.12. The highest BCUT2D eigenvalue weighted by Crippen LogP contribution is 2.33. The highest BCUT2D eigenvalue weighted by Gasteiger charge is 2.33. The molecule has 2 aromatic carbocycles. The van der Waals surface area contributed by atoms with Crippen LogP contribution in [0.2, 0.25) is 0 Å². The van der Waals surface area contributed by atoms with Crippen LogP contribution in [0.1, 0.15) is 30.9 Å². The Morgan fingerprint density at radius 2 is 1.86 bits per heavy atom. The molecular weight excluding hydrogens is 366 g/mol. The Morgan fingerprint density at radius 3 is 2.52 bits per heavy atom. The number of nitrogens with one attached hydrogen (secondary N) is 1. The van der Waals surface area contributed by atoms with E-state index in [1.54, 1.807) is 18.0 Å². The van der Waals surface area contributed by atoms with Crippen LogP contribution in [0.5, 0.6) is 5.75 Å². The van der Waals surface area contributed by atoms with Crippen LogP contribution < -0.4 is 15.0 Å². The van der Waals surface area contributed by atoms with Crippen molar-refractivity contribution in [2.45, 2.75) is 32.4 Å². The third kappa shape index (κ3) is 4.95. The minimum atomic E-state index is -0.715. The molecule has 1 aliphatic rings. The number of carbonyl (C=O) groups excluding carboxylic acids is 2. The lowest BCUT2D eigenvalue weighted by Crippen LogP contribution is -2.51. The number of carbonyl (C=O) groups is 2. The second kappa shape index (κ2) is 9.09. The zero-order valence-electron chi connectivity index (χ0n) is 17.5. The Balaban J connectivity index is 1.69. The van der Waals surface area contributed by atoms with Crippen LogP contribution in [0, 0.1) is 0 Å². The van der Waals surface area contributed by atoms with E-state index in [0.29, 0.717) is 23.9 Å². The van der Waals surface area contributed by atoms with Crippen LogP contribution in [0.3, 0.4) is 0 Å². The fourth-order valence-electron chi connectivity index (χ4n) is 3.46. The summed E-state index contributed by atoms with van der Waals surface area (Å²) in [7, 11) is 3.49. The molecule has 1 aliphatic heterocycles. The van der Waals surface area contributed by atoms with Gasteiger partial charge in [-0.05, 0) is 36.2 Å². The summed E-state index contributed by atoms with van der Waals surface area (Å²) in [6.45, 7) is 5.47. The lowest BCUT2D eigenvalue weighted by molar-refractivity contribution is -0.128. The minimum absolute atomic E-state index is 0.0593. The molecule has 29 heavy (non-hydrogen) atoms. The van der Waals surface area contributed by atoms with E-state index < -0.39 is 6.10 Å². The first kappa shape index (κ1) is 20.9. The van der Waals surface area contributed by atoms with Gasteiger partial charge in [-0.3, -0.25) is 14.5 Å². The van der Waals surface area contributed by atoms with Crippen LogP contribution in [-0.2, 0) is 16.1 Å². The van der Waals surface area contributed by atoms with Crippen molar-refractivity contribution in [3.05, 3.63) is 59.7 Å². The Labute approximate surface area is 172 Å². The molecule has 0 fully saturated rings. The second-order valence-electron chi connectivity index (χ2n) is 7.76. The molecule has 0 bridgehead atoms. The van der Waals surface area contributed by atoms with Gasteiger partial charge in [-0.1, -0.05) is 50.2 Å². The van der Waals surface area contributed by atoms with Crippen LogP contribution in [-0.4, -0.2) is 50.0 Å². The minimum Gasteiger partial charge on any atom is -0.477 e. The number of nitrogens with zero attached hydrogens (tertiary/aromatic N) is 2. The highest BCUT2D eigenvalue weighted by atomic mass is 16.5. The number of likely N-dealkylation sites (N-methyl/N-ethyl adjacent to an activating group) is 2. The molecule has 3 rings (SSSR count). The maximum atomic E-state index is 13.1. The molecule has 1 heterocycles. The highest BCUT2D eigenvalue weighted by molar-refractivity contribution is 5.98. The summed E-state index contributed by atoms with van der Waals surface area (Å²) in [5.74, 6) is 0.748. The predicted octanol–water partition coefficient (Wildman–Crippen LogP) is 2.78. The molecule has 154 valence electrons. The second-order valence-corrected chi connectivity index (χ2v) is 7.76. The number of amides is 2. The zero-order chi connectivity index (χ0) is 21.0. The SMILES string of the molecule is CNC(=O)[C@@H]1CN(C(=O)CN(C)Cc2ccc(C(C)C)cc2)c2ccccc2O1. The van der Waals surface area contributed by atoms with Crippen LogP contribution in [0.25, 0.3) is 0 Å². The largest absolute Gasteiger partial charge is 0.477 e. The van der Waals surface area contributed by atoms with Crippen molar-refractivity contribution < 1.29 is 14.3 Å². The first-order chi connectivity index (χ1) is 13.9. The maximum absolute atomic E-state index is 13.1. The number of para-hydroxylation sites is 2. The van der Waals surface area contributed by atoms with Crippen molar-refractivity contribution >= 4 is 17.5 Å². The standard InChI is InChI=1S/C23H29N3O3/c1-16(2)18-11-9-17(10-12-18)13-25(4)15-22(27)26-14-21(23(28)24-3)29-20-8-6-5-7-19(20)26/h5-12,16,21H,13-15H2,1-4H3,(H,24,28)/t21-/m0/s1. The van der Waals surface area contributed by atoms with Crippen molar-refractivity contribution in [1.29, 1.82) is 0 Å². The smallest absolute Gasteiger partial charge is 0.262 e. The number of rotatable bonds is 6.